The Morgan fingerprint density at radius 1 is 1.11 bits per heavy atom. The van der Waals surface area contributed by atoms with Crippen molar-refractivity contribution < 1.29 is 9.13 Å². The second-order valence-electron chi connectivity index (χ2n) is 4.15. The van der Waals surface area contributed by atoms with Gasteiger partial charge in [0.15, 0.2) is 5.75 Å². The summed E-state index contributed by atoms with van der Waals surface area (Å²) in [5.74, 6) is 0.563. The van der Waals surface area contributed by atoms with Crippen LogP contribution in [0.15, 0.2) is 34.8 Å². The van der Waals surface area contributed by atoms with Crippen LogP contribution in [-0.4, -0.2) is 0 Å². The second-order valence-corrected chi connectivity index (χ2v) is 5.01. The molecule has 0 aliphatic carbocycles. The Morgan fingerprint density at radius 2 is 1.83 bits per heavy atom. The number of hydrogen-bond acceptors (Lipinski definition) is 2. The van der Waals surface area contributed by atoms with E-state index in [0.717, 1.165) is 5.56 Å². The van der Waals surface area contributed by atoms with E-state index in [1.807, 2.05) is 32.0 Å². The lowest BCUT2D eigenvalue weighted by Crippen LogP contribution is -1.94. The van der Waals surface area contributed by atoms with Gasteiger partial charge in [-0.2, -0.15) is 0 Å². The van der Waals surface area contributed by atoms with Gasteiger partial charge in [0.1, 0.15) is 11.6 Å². The molecule has 2 rings (SSSR count). The molecule has 0 saturated heterocycles. The van der Waals surface area contributed by atoms with Crippen molar-refractivity contribution >= 4 is 21.6 Å². The maximum Gasteiger partial charge on any atom is 0.153 e. The molecule has 0 saturated carbocycles. The SMILES string of the molecule is Cc1ccc(Oc2cc(F)c(Br)cc2N)cc1C. The normalized spacial score (nSPS) is 10.4. The maximum absolute atomic E-state index is 13.4. The number of rotatable bonds is 2. The monoisotopic (exact) mass is 309 g/mol. The summed E-state index contributed by atoms with van der Waals surface area (Å²) in [6.07, 6.45) is 0. The zero-order valence-corrected chi connectivity index (χ0v) is 11.7. The Balaban J connectivity index is 2.34. The molecule has 0 radical (unpaired) electrons. The highest BCUT2D eigenvalue weighted by molar-refractivity contribution is 9.10. The molecule has 0 spiro atoms. The highest BCUT2D eigenvalue weighted by Gasteiger charge is 2.08. The Hall–Kier alpha value is -1.55. The van der Waals surface area contributed by atoms with Gasteiger partial charge in [-0.3, -0.25) is 0 Å². The van der Waals surface area contributed by atoms with Crippen molar-refractivity contribution in [3.8, 4) is 11.5 Å². The van der Waals surface area contributed by atoms with Gasteiger partial charge in [-0.25, -0.2) is 4.39 Å². The molecule has 0 aromatic heterocycles. The zero-order chi connectivity index (χ0) is 13.3. The molecule has 0 amide bonds. The topological polar surface area (TPSA) is 35.2 Å². The van der Waals surface area contributed by atoms with Crippen molar-refractivity contribution in [3.05, 3.63) is 51.7 Å². The molecule has 0 aliphatic heterocycles. The Kier molecular flexibility index (Phi) is 3.57. The summed E-state index contributed by atoms with van der Waals surface area (Å²) in [6, 6.07) is 8.45. The molecule has 2 nitrogen and oxygen atoms in total. The van der Waals surface area contributed by atoms with E-state index in [9.17, 15) is 4.39 Å². The molecular weight excluding hydrogens is 297 g/mol. The first kappa shape index (κ1) is 12.9. The van der Waals surface area contributed by atoms with Crippen LogP contribution in [0.2, 0.25) is 0 Å². The van der Waals surface area contributed by atoms with Crippen LogP contribution in [0.1, 0.15) is 11.1 Å². The van der Waals surface area contributed by atoms with Gasteiger partial charge in [0.25, 0.3) is 0 Å². The number of aryl methyl sites for hydroxylation is 2. The van der Waals surface area contributed by atoms with Crippen LogP contribution in [-0.2, 0) is 0 Å². The molecule has 0 fully saturated rings. The summed E-state index contributed by atoms with van der Waals surface area (Å²) in [5.41, 5.74) is 8.47. The van der Waals surface area contributed by atoms with Crippen molar-refractivity contribution in [1.82, 2.24) is 0 Å². The van der Waals surface area contributed by atoms with E-state index in [1.54, 1.807) is 0 Å². The fourth-order valence-corrected chi connectivity index (χ4v) is 1.90. The lowest BCUT2D eigenvalue weighted by atomic mass is 10.1. The zero-order valence-electron chi connectivity index (χ0n) is 10.1. The largest absolute Gasteiger partial charge is 0.455 e. The van der Waals surface area contributed by atoms with E-state index < -0.39 is 5.82 Å². The van der Waals surface area contributed by atoms with Crippen LogP contribution in [0.5, 0.6) is 11.5 Å². The number of nitrogens with two attached hydrogens (primary N) is 1. The van der Waals surface area contributed by atoms with E-state index in [0.29, 0.717) is 21.7 Å². The Morgan fingerprint density at radius 3 is 2.50 bits per heavy atom. The molecule has 0 aliphatic rings. The van der Waals surface area contributed by atoms with E-state index in [2.05, 4.69) is 15.9 Å². The molecule has 0 heterocycles. The van der Waals surface area contributed by atoms with Gasteiger partial charge >= 0.3 is 0 Å². The third-order valence-corrected chi connectivity index (χ3v) is 3.37. The summed E-state index contributed by atoms with van der Waals surface area (Å²) >= 11 is 3.08. The van der Waals surface area contributed by atoms with E-state index in [1.165, 1.54) is 17.7 Å². The minimum absolute atomic E-state index is 0.318. The highest BCUT2D eigenvalue weighted by Crippen LogP contribution is 2.32. The number of benzene rings is 2. The summed E-state index contributed by atoms with van der Waals surface area (Å²) in [7, 11) is 0. The standard InChI is InChI=1S/C14H13BrFNO/c1-8-3-4-10(5-9(8)2)18-14-7-12(16)11(15)6-13(14)17/h3-7H,17H2,1-2H3. The van der Waals surface area contributed by atoms with E-state index in [4.69, 9.17) is 10.5 Å². The summed E-state index contributed by atoms with van der Waals surface area (Å²) in [5, 5.41) is 0. The van der Waals surface area contributed by atoms with E-state index >= 15 is 0 Å². The van der Waals surface area contributed by atoms with Crippen molar-refractivity contribution in [2.45, 2.75) is 13.8 Å². The Labute approximate surface area is 114 Å². The highest BCUT2D eigenvalue weighted by atomic mass is 79.9. The minimum atomic E-state index is -0.400. The first-order valence-corrected chi connectivity index (χ1v) is 6.26. The molecule has 18 heavy (non-hydrogen) atoms. The average molecular weight is 310 g/mol. The average Bonchev–Trinajstić information content (AvgIpc) is 2.31. The Bertz CT molecular complexity index is 599. The quantitative estimate of drug-likeness (QED) is 0.824. The molecule has 2 aromatic rings. The van der Waals surface area contributed by atoms with Gasteiger partial charge in [-0.1, -0.05) is 6.07 Å². The van der Waals surface area contributed by atoms with E-state index in [-0.39, 0.29) is 0 Å². The smallest absolute Gasteiger partial charge is 0.153 e. The van der Waals surface area contributed by atoms with Crippen LogP contribution < -0.4 is 10.5 Å². The van der Waals surface area contributed by atoms with Crippen molar-refractivity contribution in [1.29, 1.82) is 0 Å². The molecule has 4 heteroatoms. The number of anilines is 1. The van der Waals surface area contributed by atoms with Gasteiger partial charge in [0.2, 0.25) is 0 Å². The predicted molar refractivity (Wildman–Crippen MR) is 74.5 cm³/mol. The van der Waals surface area contributed by atoms with Crippen LogP contribution in [0.25, 0.3) is 0 Å². The predicted octanol–water partition coefficient (Wildman–Crippen LogP) is 4.58. The molecular formula is C14H13BrFNO. The summed E-state index contributed by atoms with van der Waals surface area (Å²) in [6.45, 7) is 4.01. The van der Waals surface area contributed by atoms with Crippen LogP contribution in [0.4, 0.5) is 10.1 Å². The summed E-state index contributed by atoms with van der Waals surface area (Å²) < 4.78 is 19.3. The van der Waals surface area contributed by atoms with Crippen LogP contribution in [0.3, 0.4) is 0 Å². The van der Waals surface area contributed by atoms with Gasteiger partial charge < -0.3 is 10.5 Å². The van der Waals surface area contributed by atoms with Gasteiger partial charge in [-0.15, -0.1) is 0 Å². The summed E-state index contributed by atoms with van der Waals surface area (Å²) in [4.78, 5) is 0. The van der Waals surface area contributed by atoms with Gasteiger partial charge in [-0.05, 0) is 59.1 Å². The number of nitrogen functional groups attached to an aromatic ring is 1. The van der Waals surface area contributed by atoms with Crippen molar-refractivity contribution in [2.75, 3.05) is 5.73 Å². The van der Waals surface area contributed by atoms with Crippen LogP contribution in [0, 0.1) is 19.7 Å². The van der Waals surface area contributed by atoms with Crippen LogP contribution >= 0.6 is 15.9 Å². The van der Waals surface area contributed by atoms with Gasteiger partial charge in [0, 0.05) is 6.07 Å². The molecule has 0 unspecified atom stereocenters. The number of halogens is 2. The number of ether oxygens (including phenoxy) is 1. The second kappa shape index (κ2) is 4.98. The van der Waals surface area contributed by atoms with Crippen molar-refractivity contribution in [3.63, 3.8) is 0 Å². The van der Waals surface area contributed by atoms with Gasteiger partial charge in [0.05, 0.1) is 10.2 Å². The molecule has 2 N–H and O–H groups in total. The molecule has 0 bridgehead atoms. The maximum atomic E-state index is 13.4. The molecule has 94 valence electrons. The van der Waals surface area contributed by atoms with Crippen molar-refractivity contribution in [2.24, 2.45) is 0 Å². The fourth-order valence-electron chi connectivity index (χ4n) is 1.54. The molecule has 2 aromatic carbocycles. The number of hydrogen-bond donors (Lipinski definition) is 1. The lowest BCUT2D eigenvalue weighted by Gasteiger charge is -2.10. The third kappa shape index (κ3) is 2.64. The third-order valence-electron chi connectivity index (χ3n) is 2.76. The molecule has 0 atom stereocenters. The fraction of sp³-hybridized carbons (Fsp3) is 0.143. The lowest BCUT2D eigenvalue weighted by molar-refractivity contribution is 0.478. The first-order chi connectivity index (χ1) is 8.47. The minimum Gasteiger partial charge on any atom is -0.455 e. The first-order valence-electron chi connectivity index (χ1n) is 5.47.